The second kappa shape index (κ2) is 6.45. The van der Waals surface area contributed by atoms with Crippen molar-refractivity contribution in [2.75, 3.05) is 24.2 Å². The van der Waals surface area contributed by atoms with Gasteiger partial charge in [-0.2, -0.15) is 4.31 Å². The van der Waals surface area contributed by atoms with Crippen molar-refractivity contribution in [2.24, 2.45) is 0 Å². The zero-order chi connectivity index (χ0) is 18.4. The molecular weight excluding hydrogens is 356 g/mol. The van der Waals surface area contributed by atoms with Gasteiger partial charge in [-0.05, 0) is 38.5 Å². The molecule has 1 amide bonds. The Bertz CT molecular complexity index is 789. The molecule has 1 aromatic heterocycles. The van der Waals surface area contributed by atoms with Crippen LogP contribution in [0.2, 0.25) is 0 Å². The first kappa shape index (κ1) is 17.7. The molecule has 1 saturated carbocycles. The lowest BCUT2D eigenvalue weighted by atomic mass is 9.85. The second-order valence-electron chi connectivity index (χ2n) is 7.53. The van der Waals surface area contributed by atoms with Crippen molar-refractivity contribution in [3.8, 4) is 0 Å². The Morgan fingerprint density at radius 3 is 2.58 bits per heavy atom. The molecule has 0 bridgehead atoms. The van der Waals surface area contributed by atoms with E-state index in [1.165, 1.54) is 17.0 Å². The molecule has 0 N–H and O–H groups in total. The molecule has 2 aliphatic heterocycles. The van der Waals surface area contributed by atoms with Crippen LogP contribution in [-0.4, -0.2) is 53.7 Å². The van der Waals surface area contributed by atoms with Gasteiger partial charge in [0.1, 0.15) is 5.60 Å². The van der Waals surface area contributed by atoms with Gasteiger partial charge in [0.15, 0.2) is 5.82 Å². The van der Waals surface area contributed by atoms with Gasteiger partial charge in [0.25, 0.3) is 0 Å². The topological polar surface area (TPSA) is 92.7 Å². The van der Waals surface area contributed by atoms with Crippen LogP contribution in [0.4, 0.5) is 10.6 Å². The minimum absolute atomic E-state index is 0.276. The van der Waals surface area contributed by atoms with Crippen LogP contribution in [0.5, 0.6) is 0 Å². The van der Waals surface area contributed by atoms with Crippen molar-refractivity contribution < 1.29 is 17.9 Å². The Hall–Kier alpha value is -1.74. The number of hydrogen-bond donors (Lipinski definition) is 0. The molecule has 4 rings (SSSR count). The first-order chi connectivity index (χ1) is 12.4. The van der Waals surface area contributed by atoms with Crippen LogP contribution in [0.25, 0.3) is 0 Å². The minimum atomic E-state index is -3.27. The number of ether oxygens (including phenoxy) is 1. The summed E-state index contributed by atoms with van der Waals surface area (Å²) in [5.74, 6) is 0.463. The fraction of sp³-hybridized carbons (Fsp3) is 0.706. The third kappa shape index (κ3) is 3.18. The Kier molecular flexibility index (Phi) is 4.38. The number of anilines is 1. The summed E-state index contributed by atoms with van der Waals surface area (Å²) in [7, 11) is -3.27. The monoisotopic (exact) mass is 380 g/mol. The Labute approximate surface area is 153 Å². The third-order valence-corrected chi connectivity index (χ3v) is 6.93. The van der Waals surface area contributed by atoms with Gasteiger partial charge in [-0.15, -0.1) is 0 Å². The highest BCUT2D eigenvalue weighted by molar-refractivity contribution is 7.88. The van der Waals surface area contributed by atoms with E-state index in [9.17, 15) is 13.2 Å². The second-order valence-corrected chi connectivity index (χ2v) is 9.46. The summed E-state index contributed by atoms with van der Waals surface area (Å²) in [6.07, 6.45) is 10.7. The number of carbonyl (C=O) groups excluding carboxylic acids is 1. The molecule has 3 heterocycles. The quantitative estimate of drug-likeness (QED) is 0.798. The van der Waals surface area contributed by atoms with Crippen LogP contribution in [0.15, 0.2) is 12.4 Å². The van der Waals surface area contributed by atoms with E-state index < -0.39 is 10.0 Å². The number of amides is 1. The van der Waals surface area contributed by atoms with E-state index >= 15 is 0 Å². The van der Waals surface area contributed by atoms with Crippen LogP contribution < -0.4 is 4.90 Å². The lowest BCUT2D eigenvalue weighted by Crippen LogP contribution is -2.36. The molecule has 0 radical (unpaired) electrons. The summed E-state index contributed by atoms with van der Waals surface area (Å²) in [4.78, 5) is 22.7. The number of nitrogens with zero attached hydrogens (tertiary/aromatic N) is 4. The maximum absolute atomic E-state index is 12.3. The van der Waals surface area contributed by atoms with Crippen molar-refractivity contribution in [1.29, 1.82) is 0 Å². The molecule has 8 nitrogen and oxygen atoms in total. The molecule has 1 spiro atoms. The van der Waals surface area contributed by atoms with E-state index in [-0.39, 0.29) is 17.7 Å². The molecule has 1 aliphatic carbocycles. The molecular formula is C17H24N4O4S. The van der Waals surface area contributed by atoms with Crippen molar-refractivity contribution in [3.05, 3.63) is 18.1 Å². The van der Waals surface area contributed by atoms with Gasteiger partial charge < -0.3 is 4.74 Å². The van der Waals surface area contributed by atoms with E-state index in [2.05, 4.69) is 9.97 Å². The van der Waals surface area contributed by atoms with Gasteiger partial charge >= 0.3 is 6.09 Å². The SMILES string of the molecule is CS(=O)(=O)N1CCCC1c1cnc(N2CC3(CCCCC3)OC2=O)cn1. The van der Waals surface area contributed by atoms with Gasteiger partial charge in [-0.1, -0.05) is 6.42 Å². The Balaban J connectivity index is 1.52. The summed E-state index contributed by atoms with van der Waals surface area (Å²) in [6, 6.07) is -0.276. The molecule has 26 heavy (non-hydrogen) atoms. The summed E-state index contributed by atoms with van der Waals surface area (Å²) in [5, 5.41) is 0. The van der Waals surface area contributed by atoms with Gasteiger partial charge in [-0.3, -0.25) is 9.88 Å². The summed E-state index contributed by atoms with van der Waals surface area (Å²) in [5.41, 5.74) is 0.241. The van der Waals surface area contributed by atoms with E-state index in [0.29, 0.717) is 24.6 Å². The van der Waals surface area contributed by atoms with E-state index in [1.807, 2.05) is 0 Å². The van der Waals surface area contributed by atoms with Gasteiger partial charge in [0.2, 0.25) is 10.0 Å². The lowest BCUT2D eigenvalue weighted by Gasteiger charge is -2.30. The molecule has 142 valence electrons. The third-order valence-electron chi connectivity index (χ3n) is 5.64. The molecule has 3 aliphatic rings. The largest absolute Gasteiger partial charge is 0.441 e. The smallest absolute Gasteiger partial charge is 0.416 e. The molecule has 9 heteroatoms. The molecule has 0 aromatic carbocycles. The summed E-state index contributed by atoms with van der Waals surface area (Å²) in [6.45, 7) is 1.02. The summed E-state index contributed by atoms with van der Waals surface area (Å²) >= 11 is 0. The molecule has 1 unspecified atom stereocenters. The zero-order valence-corrected chi connectivity index (χ0v) is 15.7. The highest BCUT2D eigenvalue weighted by Gasteiger charge is 2.46. The molecule has 1 atom stereocenters. The average Bonchev–Trinajstić information content (AvgIpc) is 3.21. The van der Waals surface area contributed by atoms with Crippen molar-refractivity contribution in [2.45, 2.75) is 56.6 Å². The van der Waals surface area contributed by atoms with Crippen LogP contribution >= 0.6 is 0 Å². The van der Waals surface area contributed by atoms with Crippen LogP contribution in [0.1, 0.15) is 56.7 Å². The molecule has 3 fully saturated rings. The first-order valence-electron chi connectivity index (χ1n) is 9.17. The number of carbonyl (C=O) groups is 1. The van der Waals surface area contributed by atoms with Crippen LogP contribution in [-0.2, 0) is 14.8 Å². The average molecular weight is 380 g/mol. The van der Waals surface area contributed by atoms with Gasteiger partial charge in [0, 0.05) is 6.54 Å². The van der Waals surface area contributed by atoms with E-state index in [4.69, 9.17) is 4.74 Å². The van der Waals surface area contributed by atoms with Crippen LogP contribution in [0, 0.1) is 0 Å². The fourth-order valence-corrected chi connectivity index (χ4v) is 5.47. The van der Waals surface area contributed by atoms with Crippen LogP contribution in [0.3, 0.4) is 0 Å². The summed E-state index contributed by atoms with van der Waals surface area (Å²) < 4.78 is 31.0. The highest BCUT2D eigenvalue weighted by Crippen LogP contribution is 2.38. The Morgan fingerprint density at radius 1 is 1.15 bits per heavy atom. The maximum Gasteiger partial charge on any atom is 0.416 e. The van der Waals surface area contributed by atoms with Crippen molar-refractivity contribution in [3.63, 3.8) is 0 Å². The fourth-order valence-electron chi connectivity index (χ4n) is 4.33. The van der Waals surface area contributed by atoms with Crippen molar-refractivity contribution in [1.82, 2.24) is 14.3 Å². The predicted octanol–water partition coefficient (Wildman–Crippen LogP) is 2.23. The van der Waals surface area contributed by atoms with E-state index in [1.54, 1.807) is 17.3 Å². The lowest BCUT2D eigenvalue weighted by molar-refractivity contribution is 0.0260. The number of sulfonamides is 1. The number of aromatic nitrogens is 2. The zero-order valence-electron chi connectivity index (χ0n) is 14.9. The van der Waals surface area contributed by atoms with Gasteiger partial charge in [0.05, 0.1) is 36.9 Å². The standard InChI is InChI=1S/C17H24N4O4S/c1-26(23,24)21-9-5-6-14(21)13-10-19-15(11-18-13)20-12-17(25-16(20)22)7-3-2-4-8-17/h10-11,14H,2-9,12H2,1H3. The van der Waals surface area contributed by atoms with Crippen molar-refractivity contribution >= 4 is 21.9 Å². The minimum Gasteiger partial charge on any atom is -0.441 e. The number of hydrogen-bond acceptors (Lipinski definition) is 6. The molecule has 2 saturated heterocycles. The maximum atomic E-state index is 12.3. The number of rotatable bonds is 3. The first-order valence-corrected chi connectivity index (χ1v) is 11.0. The Morgan fingerprint density at radius 2 is 1.92 bits per heavy atom. The highest BCUT2D eigenvalue weighted by atomic mass is 32.2. The predicted molar refractivity (Wildman–Crippen MR) is 95.2 cm³/mol. The molecule has 1 aromatic rings. The van der Waals surface area contributed by atoms with E-state index in [0.717, 1.165) is 38.5 Å². The normalized spacial score (nSPS) is 26.4. The van der Waals surface area contributed by atoms with Gasteiger partial charge in [-0.25, -0.2) is 18.2 Å².